The number of methoxy groups -OCH3 is 1. The van der Waals surface area contributed by atoms with Gasteiger partial charge in [0.1, 0.15) is 0 Å². The molecule has 0 N–H and O–H groups in total. The molecule has 17 heavy (non-hydrogen) atoms. The molecule has 1 aliphatic rings. The van der Waals surface area contributed by atoms with Gasteiger partial charge in [-0.1, -0.05) is 15.9 Å². The monoisotopic (exact) mass is 299 g/mol. The van der Waals surface area contributed by atoms with Crippen LogP contribution in [-0.2, 0) is 0 Å². The molecule has 4 nitrogen and oxygen atoms in total. The maximum atomic E-state index is 5.11. The van der Waals surface area contributed by atoms with Crippen LogP contribution in [0.15, 0.2) is 12.4 Å². The molecule has 1 atom stereocenters. The van der Waals surface area contributed by atoms with Gasteiger partial charge in [-0.15, -0.1) is 0 Å². The Labute approximate surface area is 111 Å². The van der Waals surface area contributed by atoms with Gasteiger partial charge in [-0.3, -0.25) is 4.98 Å². The van der Waals surface area contributed by atoms with E-state index in [1.54, 1.807) is 13.3 Å². The van der Waals surface area contributed by atoms with Crippen LogP contribution in [0.1, 0.15) is 19.3 Å². The number of hydrogen-bond donors (Lipinski definition) is 0. The zero-order valence-electron chi connectivity index (χ0n) is 10.1. The minimum atomic E-state index is 0.588. The van der Waals surface area contributed by atoms with Crippen molar-refractivity contribution >= 4 is 21.7 Å². The van der Waals surface area contributed by atoms with Gasteiger partial charge in [-0.2, -0.15) is 4.98 Å². The van der Waals surface area contributed by atoms with Crippen LogP contribution >= 0.6 is 15.9 Å². The van der Waals surface area contributed by atoms with Gasteiger partial charge in [0.05, 0.1) is 19.5 Å². The maximum Gasteiger partial charge on any atom is 0.233 e. The van der Waals surface area contributed by atoms with Crippen molar-refractivity contribution in [3.05, 3.63) is 12.4 Å². The fraction of sp³-hybridized carbons (Fsp3) is 0.667. The lowest BCUT2D eigenvalue weighted by atomic mass is 9.96. The quantitative estimate of drug-likeness (QED) is 0.801. The van der Waals surface area contributed by atoms with Gasteiger partial charge in [-0.25, -0.2) is 0 Å². The highest BCUT2D eigenvalue weighted by Crippen LogP contribution is 2.24. The van der Waals surface area contributed by atoms with E-state index in [4.69, 9.17) is 4.74 Å². The van der Waals surface area contributed by atoms with E-state index < -0.39 is 0 Å². The van der Waals surface area contributed by atoms with E-state index in [0.717, 1.165) is 30.2 Å². The van der Waals surface area contributed by atoms with Crippen LogP contribution in [0.3, 0.4) is 0 Å². The lowest BCUT2D eigenvalue weighted by Crippen LogP contribution is -2.36. The molecule has 1 aromatic heterocycles. The third-order valence-electron chi connectivity index (χ3n) is 3.17. The minimum absolute atomic E-state index is 0.588. The van der Waals surface area contributed by atoms with Crippen molar-refractivity contribution in [1.29, 1.82) is 0 Å². The summed E-state index contributed by atoms with van der Waals surface area (Å²) in [6, 6.07) is 0. The Morgan fingerprint density at radius 2 is 2.41 bits per heavy atom. The summed E-state index contributed by atoms with van der Waals surface area (Å²) in [6.45, 7) is 2.15. The first kappa shape index (κ1) is 12.6. The molecule has 0 saturated carbocycles. The maximum absolute atomic E-state index is 5.11. The smallest absolute Gasteiger partial charge is 0.233 e. The molecular weight excluding hydrogens is 282 g/mol. The molecule has 2 rings (SSSR count). The standard InChI is InChI=1S/C12H18BrN3O/c1-17-12-8-14-7-11(15-12)16-6-2-3-10(9-16)4-5-13/h7-8,10H,2-6,9H2,1H3. The number of rotatable bonds is 4. The second-order valence-corrected chi connectivity index (χ2v) is 5.14. The number of alkyl halides is 1. The summed E-state index contributed by atoms with van der Waals surface area (Å²) in [5, 5.41) is 1.08. The van der Waals surface area contributed by atoms with Crippen molar-refractivity contribution in [2.75, 3.05) is 30.4 Å². The lowest BCUT2D eigenvalue weighted by Gasteiger charge is -2.33. The van der Waals surface area contributed by atoms with Crippen molar-refractivity contribution < 1.29 is 4.74 Å². The summed E-state index contributed by atoms with van der Waals surface area (Å²) < 4.78 is 5.11. The SMILES string of the molecule is COc1cncc(N2CCCC(CCBr)C2)n1. The zero-order chi connectivity index (χ0) is 12.1. The van der Waals surface area contributed by atoms with Crippen LogP contribution < -0.4 is 9.64 Å². The molecule has 1 aromatic rings. The topological polar surface area (TPSA) is 38.2 Å². The first-order valence-electron chi connectivity index (χ1n) is 6.00. The Morgan fingerprint density at radius 3 is 3.18 bits per heavy atom. The van der Waals surface area contributed by atoms with Gasteiger partial charge >= 0.3 is 0 Å². The van der Waals surface area contributed by atoms with Gasteiger partial charge in [0.2, 0.25) is 5.88 Å². The molecule has 94 valence electrons. The number of halogens is 1. The highest BCUT2D eigenvalue weighted by Gasteiger charge is 2.20. The largest absolute Gasteiger partial charge is 0.480 e. The summed E-state index contributed by atoms with van der Waals surface area (Å²) in [5.41, 5.74) is 0. The Hall–Kier alpha value is -0.840. The average Bonchev–Trinajstić information content (AvgIpc) is 2.40. The minimum Gasteiger partial charge on any atom is -0.480 e. The normalized spacial score (nSPS) is 20.4. The van der Waals surface area contributed by atoms with Gasteiger partial charge in [0, 0.05) is 18.4 Å². The van der Waals surface area contributed by atoms with Gasteiger partial charge in [0.25, 0.3) is 0 Å². The number of aromatic nitrogens is 2. The molecule has 0 bridgehead atoms. The lowest BCUT2D eigenvalue weighted by molar-refractivity contribution is 0.388. The summed E-state index contributed by atoms with van der Waals surface area (Å²) in [4.78, 5) is 10.9. The molecule has 0 aromatic carbocycles. The first-order chi connectivity index (χ1) is 8.33. The molecule has 0 radical (unpaired) electrons. The third-order valence-corrected chi connectivity index (χ3v) is 3.63. The molecule has 0 aliphatic carbocycles. The number of nitrogens with zero attached hydrogens (tertiary/aromatic N) is 3. The third kappa shape index (κ3) is 3.31. The molecule has 1 fully saturated rings. The molecule has 1 aliphatic heterocycles. The zero-order valence-corrected chi connectivity index (χ0v) is 11.7. The molecule has 1 unspecified atom stereocenters. The molecule has 1 saturated heterocycles. The highest BCUT2D eigenvalue weighted by molar-refractivity contribution is 9.09. The van der Waals surface area contributed by atoms with Crippen molar-refractivity contribution in [2.45, 2.75) is 19.3 Å². The predicted molar refractivity (Wildman–Crippen MR) is 71.9 cm³/mol. The van der Waals surface area contributed by atoms with Crippen LogP contribution in [0.5, 0.6) is 5.88 Å². The fourth-order valence-electron chi connectivity index (χ4n) is 2.25. The summed E-state index contributed by atoms with van der Waals surface area (Å²) >= 11 is 3.52. The van der Waals surface area contributed by atoms with Gasteiger partial charge in [-0.05, 0) is 25.2 Å². The number of anilines is 1. The number of piperidine rings is 1. The van der Waals surface area contributed by atoms with Crippen LogP contribution in [0.4, 0.5) is 5.82 Å². The van der Waals surface area contributed by atoms with E-state index in [-0.39, 0.29) is 0 Å². The Kier molecular flexibility index (Phi) is 4.59. The van der Waals surface area contributed by atoms with Gasteiger partial charge < -0.3 is 9.64 Å². The van der Waals surface area contributed by atoms with Crippen molar-refractivity contribution in [2.24, 2.45) is 5.92 Å². The average molecular weight is 300 g/mol. The Morgan fingerprint density at radius 1 is 1.53 bits per heavy atom. The second-order valence-electron chi connectivity index (χ2n) is 4.35. The van der Waals surface area contributed by atoms with Crippen molar-refractivity contribution in [1.82, 2.24) is 9.97 Å². The molecule has 0 amide bonds. The van der Waals surface area contributed by atoms with Crippen LogP contribution in [-0.4, -0.2) is 35.5 Å². The number of hydrogen-bond acceptors (Lipinski definition) is 4. The molecule has 2 heterocycles. The van der Waals surface area contributed by atoms with E-state index in [2.05, 4.69) is 30.8 Å². The van der Waals surface area contributed by atoms with E-state index in [9.17, 15) is 0 Å². The van der Waals surface area contributed by atoms with Crippen molar-refractivity contribution in [3.8, 4) is 5.88 Å². The summed E-state index contributed by atoms with van der Waals surface area (Å²) in [6.07, 6.45) is 7.24. The van der Waals surface area contributed by atoms with Gasteiger partial charge in [0.15, 0.2) is 5.82 Å². The summed E-state index contributed by atoms with van der Waals surface area (Å²) in [5.74, 6) is 2.28. The highest BCUT2D eigenvalue weighted by atomic mass is 79.9. The molecule has 5 heteroatoms. The Bertz CT molecular complexity index is 359. The van der Waals surface area contributed by atoms with E-state index in [1.165, 1.54) is 19.3 Å². The first-order valence-corrected chi connectivity index (χ1v) is 7.12. The van der Waals surface area contributed by atoms with E-state index >= 15 is 0 Å². The molecular formula is C12H18BrN3O. The van der Waals surface area contributed by atoms with Crippen LogP contribution in [0.2, 0.25) is 0 Å². The van der Waals surface area contributed by atoms with E-state index in [1.807, 2.05) is 6.20 Å². The van der Waals surface area contributed by atoms with E-state index in [0.29, 0.717) is 5.88 Å². The van der Waals surface area contributed by atoms with Crippen LogP contribution in [0, 0.1) is 5.92 Å². The predicted octanol–water partition coefficient (Wildman–Crippen LogP) is 2.49. The molecule has 0 spiro atoms. The summed E-state index contributed by atoms with van der Waals surface area (Å²) in [7, 11) is 1.62. The number of ether oxygens (including phenoxy) is 1. The fourth-order valence-corrected chi connectivity index (χ4v) is 2.90. The van der Waals surface area contributed by atoms with Crippen LogP contribution in [0.25, 0.3) is 0 Å². The second kappa shape index (κ2) is 6.19. The Balaban J connectivity index is 2.05. The van der Waals surface area contributed by atoms with Crippen molar-refractivity contribution in [3.63, 3.8) is 0 Å².